The highest BCUT2D eigenvalue weighted by Crippen LogP contribution is 2.29. The summed E-state index contributed by atoms with van der Waals surface area (Å²) in [7, 11) is -3.17. The van der Waals surface area contributed by atoms with Crippen LogP contribution in [0.1, 0.15) is 51.0 Å². The van der Waals surface area contributed by atoms with Crippen molar-refractivity contribution in [2.24, 2.45) is 0 Å². The summed E-state index contributed by atoms with van der Waals surface area (Å²) in [5.41, 5.74) is 1.05. The van der Waals surface area contributed by atoms with Crippen molar-refractivity contribution in [2.45, 2.75) is 51.2 Å². The molecule has 8 heteroatoms. The Hall–Kier alpha value is -1.25. The first-order chi connectivity index (χ1) is 12.4. The number of piperidine rings is 1. The number of sulfonamides is 1. The zero-order chi connectivity index (χ0) is 18.7. The molecule has 2 fully saturated rings. The van der Waals surface area contributed by atoms with E-state index in [1.54, 1.807) is 18.2 Å². The van der Waals surface area contributed by atoms with Crippen molar-refractivity contribution < 1.29 is 13.2 Å². The molecule has 3 heterocycles. The molecule has 0 atom stereocenters. The van der Waals surface area contributed by atoms with Crippen LogP contribution in [-0.2, 0) is 21.2 Å². The maximum atomic E-state index is 12.4. The van der Waals surface area contributed by atoms with Gasteiger partial charge in [-0.15, -0.1) is 0 Å². The monoisotopic (exact) mass is 382 g/mol. The van der Waals surface area contributed by atoms with E-state index in [0.717, 1.165) is 62.9 Å². The Kier molecular flexibility index (Phi) is 6.14. The average molecular weight is 383 g/mol. The van der Waals surface area contributed by atoms with E-state index < -0.39 is 10.0 Å². The fourth-order valence-corrected chi connectivity index (χ4v) is 4.80. The fraction of sp³-hybridized carbons (Fsp3) is 0.778. The van der Waals surface area contributed by atoms with Crippen molar-refractivity contribution in [1.29, 1.82) is 0 Å². The van der Waals surface area contributed by atoms with E-state index >= 15 is 0 Å². The molecule has 2 aliphatic heterocycles. The number of ether oxygens (including phenoxy) is 1. The molecule has 7 nitrogen and oxygen atoms in total. The predicted octanol–water partition coefficient (Wildman–Crippen LogP) is 1.79. The Morgan fingerprint density at radius 2 is 1.81 bits per heavy atom. The van der Waals surface area contributed by atoms with Gasteiger partial charge < -0.3 is 9.64 Å². The molecule has 0 aliphatic carbocycles. The Morgan fingerprint density at radius 1 is 1.15 bits per heavy atom. The third-order valence-corrected chi connectivity index (χ3v) is 7.53. The summed E-state index contributed by atoms with van der Waals surface area (Å²) in [4.78, 5) is 11.9. The Balaban J connectivity index is 1.75. The van der Waals surface area contributed by atoms with Crippen molar-refractivity contribution in [3.63, 3.8) is 0 Å². The van der Waals surface area contributed by atoms with Crippen LogP contribution in [0.15, 0.2) is 6.07 Å². The molecule has 0 saturated carbocycles. The van der Waals surface area contributed by atoms with E-state index in [-0.39, 0.29) is 11.2 Å². The summed E-state index contributed by atoms with van der Waals surface area (Å²) in [6.45, 7) is 9.85. The van der Waals surface area contributed by atoms with Crippen LogP contribution in [0.4, 0.5) is 5.82 Å². The predicted molar refractivity (Wildman–Crippen MR) is 102 cm³/mol. The van der Waals surface area contributed by atoms with Crippen LogP contribution in [0.5, 0.6) is 0 Å². The Morgan fingerprint density at radius 3 is 2.38 bits per heavy atom. The number of nitrogens with zero attached hydrogens (tertiary/aromatic N) is 4. The van der Waals surface area contributed by atoms with Gasteiger partial charge in [-0.05, 0) is 33.1 Å². The normalized spacial score (nSPS) is 20.7. The first-order valence-electron chi connectivity index (χ1n) is 9.61. The minimum atomic E-state index is -3.17. The molecular formula is C18H30N4O3S. The van der Waals surface area contributed by atoms with Gasteiger partial charge >= 0.3 is 0 Å². The van der Waals surface area contributed by atoms with Gasteiger partial charge in [0, 0.05) is 43.9 Å². The lowest BCUT2D eigenvalue weighted by Crippen LogP contribution is -2.41. The highest BCUT2D eigenvalue weighted by atomic mass is 32.2. The van der Waals surface area contributed by atoms with Crippen LogP contribution < -0.4 is 4.90 Å². The highest BCUT2D eigenvalue weighted by molar-refractivity contribution is 7.89. The lowest BCUT2D eigenvalue weighted by molar-refractivity contribution is 0.122. The van der Waals surface area contributed by atoms with Crippen molar-refractivity contribution in [3.8, 4) is 0 Å². The minimum absolute atomic E-state index is 0.222. The molecule has 26 heavy (non-hydrogen) atoms. The molecule has 2 aliphatic rings. The summed E-state index contributed by atoms with van der Waals surface area (Å²) < 4.78 is 31.8. The minimum Gasteiger partial charge on any atom is -0.378 e. The highest BCUT2D eigenvalue weighted by Gasteiger charge is 2.32. The number of anilines is 1. The van der Waals surface area contributed by atoms with Crippen LogP contribution in [-0.4, -0.2) is 67.3 Å². The van der Waals surface area contributed by atoms with Crippen LogP contribution in [0.25, 0.3) is 0 Å². The van der Waals surface area contributed by atoms with Gasteiger partial charge in [-0.1, -0.05) is 6.92 Å². The maximum absolute atomic E-state index is 12.4. The van der Waals surface area contributed by atoms with E-state index in [1.807, 2.05) is 0 Å². The molecule has 2 saturated heterocycles. The number of aryl methyl sites for hydroxylation is 1. The van der Waals surface area contributed by atoms with Gasteiger partial charge in [0.05, 0.1) is 18.5 Å². The van der Waals surface area contributed by atoms with Crippen LogP contribution in [0.3, 0.4) is 0 Å². The zero-order valence-electron chi connectivity index (χ0n) is 16.0. The first kappa shape index (κ1) is 19.5. The third kappa shape index (κ3) is 4.18. The van der Waals surface area contributed by atoms with Crippen molar-refractivity contribution in [2.75, 3.05) is 44.3 Å². The second-order valence-electron chi connectivity index (χ2n) is 7.30. The van der Waals surface area contributed by atoms with Gasteiger partial charge in [0.15, 0.2) is 0 Å². The number of hydrogen-bond acceptors (Lipinski definition) is 6. The Labute approximate surface area is 156 Å². The molecule has 0 N–H and O–H groups in total. The second-order valence-corrected chi connectivity index (χ2v) is 9.78. The summed E-state index contributed by atoms with van der Waals surface area (Å²) in [5, 5.41) is -0.369. The lowest BCUT2D eigenvalue weighted by atomic mass is 9.97. The van der Waals surface area contributed by atoms with Gasteiger partial charge in [-0.3, -0.25) is 0 Å². The zero-order valence-corrected chi connectivity index (χ0v) is 16.8. The van der Waals surface area contributed by atoms with E-state index in [4.69, 9.17) is 14.7 Å². The van der Waals surface area contributed by atoms with Gasteiger partial charge in [-0.2, -0.15) is 0 Å². The number of rotatable bonds is 5. The number of hydrogen-bond donors (Lipinski definition) is 0. The first-order valence-corrected chi connectivity index (χ1v) is 11.1. The van der Waals surface area contributed by atoms with Crippen molar-refractivity contribution in [1.82, 2.24) is 14.3 Å². The molecule has 0 radical (unpaired) electrons. The van der Waals surface area contributed by atoms with Gasteiger partial charge in [0.25, 0.3) is 0 Å². The molecule has 0 amide bonds. The summed E-state index contributed by atoms with van der Waals surface area (Å²) in [6.07, 6.45) is 2.43. The molecule has 1 aromatic rings. The van der Waals surface area contributed by atoms with Crippen molar-refractivity contribution in [3.05, 3.63) is 17.6 Å². The van der Waals surface area contributed by atoms with E-state index in [9.17, 15) is 8.42 Å². The summed E-state index contributed by atoms with van der Waals surface area (Å²) >= 11 is 0. The standard InChI is InChI=1S/C18H30N4O3S/c1-4-16-13-17(21-9-11-25-12-10-21)20-18(19-16)15-5-7-22(8-6-15)26(23,24)14(2)3/h13-15H,4-12H2,1-3H3. The fourth-order valence-electron chi connectivity index (χ4n) is 3.49. The van der Waals surface area contributed by atoms with E-state index in [2.05, 4.69) is 17.9 Å². The smallest absolute Gasteiger partial charge is 0.216 e. The quantitative estimate of drug-likeness (QED) is 0.773. The molecule has 1 aromatic heterocycles. The number of morpholine rings is 1. The number of aromatic nitrogens is 2. The third-order valence-electron chi connectivity index (χ3n) is 5.25. The molecule has 0 unspecified atom stereocenters. The summed E-state index contributed by atoms with van der Waals surface area (Å²) in [5.74, 6) is 2.07. The molecule has 0 aromatic carbocycles. The molecule has 146 valence electrons. The lowest BCUT2D eigenvalue weighted by Gasteiger charge is -2.33. The van der Waals surface area contributed by atoms with Crippen LogP contribution in [0, 0.1) is 0 Å². The average Bonchev–Trinajstić information content (AvgIpc) is 2.68. The van der Waals surface area contributed by atoms with E-state index in [1.165, 1.54) is 0 Å². The molecule has 0 bridgehead atoms. The van der Waals surface area contributed by atoms with Crippen LogP contribution >= 0.6 is 0 Å². The molecule has 3 rings (SSSR count). The van der Waals surface area contributed by atoms with Gasteiger partial charge in [0.2, 0.25) is 10.0 Å². The topological polar surface area (TPSA) is 75.6 Å². The summed E-state index contributed by atoms with van der Waals surface area (Å²) in [6, 6.07) is 2.08. The largest absolute Gasteiger partial charge is 0.378 e. The second kappa shape index (κ2) is 8.19. The van der Waals surface area contributed by atoms with Gasteiger partial charge in [0.1, 0.15) is 11.6 Å². The van der Waals surface area contributed by atoms with Crippen LogP contribution in [0.2, 0.25) is 0 Å². The molecule has 0 spiro atoms. The van der Waals surface area contributed by atoms with E-state index in [0.29, 0.717) is 13.1 Å². The SMILES string of the molecule is CCc1cc(N2CCOCC2)nc(C2CCN(S(=O)(=O)C(C)C)CC2)n1. The maximum Gasteiger partial charge on any atom is 0.216 e. The molecular weight excluding hydrogens is 352 g/mol. The van der Waals surface area contributed by atoms with Gasteiger partial charge in [-0.25, -0.2) is 22.7 Å². The Bertz CT molecular complexity index is 709. The van der Waals surface area contributed by atoms with Crippen molar-refractivity contribution >= 4 is 15.8 Å².